The topological polar surface area (TPSA) is 41.1 Å². The van der Waals surface area contributed by atoms with Crippen LogP contribution >= 0.6 is 0 Å². The summed E-state index contributed by atoms with van der Waals surface area (Å²) < 4.78 is 0. The van der Waals surface area contributed by atoms with E-state index in [0.717, 1.165) is 13.1 Å². The highest BCUT2D eigenvalue weighted by molar-refractivity contribution is 5.76. The molecule has 1 amide bonds. The van der Waals surface area contributed by atoms with E-state index >= 15 is 0 Å². The van der Waals surface area contributed by atoms with Gasteiger partial charge in [0.15, 0.2) is 0 Å². The molecule has 0 rings (SSSR count). The van der Waals surface area contributed by atoms with Crippen LogP contribution in [0.25, 0.3) is 0 Å². The van der Waals surface area contributed by atoms with Crippen molar-refractivity contribution in [2.45, 2.75) is 34.1 Å². The Labute approximate surface area is 94.0 Å². The molecule has 0 fully saturated rings. The SMILES string of the molecule is CNCCC(=O)NCC(C(C)C)C(C)C. The molecule has 3 heteroatoms. The Morgan fingerprint density at radius 1 is 1.13 bits per heavy atom. The van der Waals surface area contributed by atoms with E-state index in [1.54, 1.807) is 0 Å². The summed E-state index contributed by atoms with van der Waals surface area (Å²) in [6.07, 6.45) is 0.569. The molecule has 0 aliphatic rings. The standard InChI is InChI=1S/C12H26N2O/c1-9(2)11(10(3)4)8-14-12(15)6-7-13-5/h9-11,13H,6-8H2,1-5H3,(H,14,15). The highest BCUT2D eigenvalue weighted by atomic mass is 16.1. The maximum atomic E-state index is 11.4. The molecule has 0 bridgehead atoms. The van der Waals surface area contributed by atoms with Crippen LogP contribution in [0.4, 0.5) is 0 Å². The predicted molar refractivity (Wildman–Crippen MR) is 64.7 cm³/mol. The van der Waals surface area contributed by atoms with Crippen molar-refractivity contribution < 1.29 is 4.79 Å². The molecule has 0 heterocycles. The lowest BCUT2D eigenvalue weighted by Gasteiger charge is -2.25. The van der Waals surface area contributed by atoms with Crippen molar-refractivity contribution in [3.63, 3.8) is 0 Å². The molecule has 0 aliphatic carbocycles. The fourth-order valence-corrected chi connectivity index (χ4v) is 1.80. The Morgan fingerprint density at radius 3 is 2.07 bits per heavy atom. The van der Waals surface area contributed by atoms with E-state index in [1.807, 2.05) is 7.05 Å². The van der Waals surface area contributed by atoms with Gasteiger partial charge in [-0.3, -0.25) is 4.79 Å². The second-order valence-corrected chi connectivity index (χ2v) is 4.81. The van der Waals surface area contributed by atoms with Gasteiger partial charge in [0.2, 0.25) is 5.91 Å². The zero-order valence-corrected chi connectivity index (χ0v) is 10.8. The van der Waals surface area contributed by atoms with Gasteiger partial charge in [0.05, 0.1) is 0 Å². The molecule has 90 valence electrons. The number of amides is 1. The lowest BCUT2D eigenvalue weighted by atomic mass is 9.85. The van der Waals surface area contributed by atoms with E-state index < -0.39 is 0 Å². The molecule has 0 radical (unpaired) electrons. The van der Waals surface area contributed by atoms with Crippen molar-refractivity contribution in [3.05, 3.63) is 0 Å². The highest BCUT2D eigenvalue weighted by Gasteiger charge is 2.17. The Hall–Kier alpha value is -0.570. The van der Waals surface area contributed by atoms with Gasteiger partial charge in [0.25, 0.3) is 0 Å². The van der Waals surface area contributed by atoms with Crippen molar-refractivity contribution >= 4 is 5.91 Å². The van der Waals surface area contributed by atoms with Gasteiger partial charge in [-0.15, -0.1) is 0 Å². The Kier molecular flexibility index (Phi) is 7.39. The first-order chi connectivity index (χ1) is 6.99. The molecular formula is C12H26N2O. The summed E-state index contributed by atoms with van der Waals surface area (Å²) in [5, 5.41) is 5.97. The summed E-state index contributed by atoms with van der Waals surface area (Å²) in [7, 11) is 1.86. The van der Waals surface area contributed by atoms with Gasteiger partial charge >= 0.3 is 0 Å². The zero-order valence-electron chi connectivity index (χ0n) is 10.8. The zero-order chi connectivity index (χ0) is 11.8. The summed E-state index contributed by atoms with van der Waals surface area (Å²) in [6.45, 7) is 10.4. The molecular weight excluding hydrogens is 188 g/mol. The highest BCUT2D eigenvalue weighted by Crippen LogP contribution is 2.19. The second-order valence-electron chi connectivity index (χ2n) is 4.81. The largest absolute Gasteiger partial charge is 0.356 e. The number of carbonyl (C=O) groups excluding carboxylic acids is 1. The van der Waals surface area contributed by atoms with Crippen molar-refractivity contribution in [2.24, 2.45) is 17.8 Å². The van der Waals surface area contributed by atoms with E-state index in [2.05, 4.69) is 38.3 Å². The second kappa shape index (κ2) is 7.69. The number of rotatable bonds is 7. The molecule has 0 atom stereocenters. The molecule has 3 nitrogen and oxygen atoms in total. The van der Waals surface area contributed by atoms with E-state index in [-0.39, 0.29) is 5.91 Å². The maximum absolute atomic E-state index is 11.4. The molecule has 0 unspecified atom stereocenters. The summed E-state index contributed by atoms with van der Waals surface area (Å²) in [6, 6.07) is 0. The Morgan fingerprint density at radius 2 is 1.67 bits per heavy atom. The summed E-state index contributed by atoms with van der Waals surface area (Å²) in [5.41, 5.74) is 0. The van der Waals surface area contributed by atoms with Gasteiger partial charge in [-0.2, -0.15) is 0 Å². The Bertz CT molecular complexity index is 170. The lowest BCUT2D eigenvalue weighted by Crippen LogP contribution is -2.34. The first-order valence-electron chi connectivity index (χ1n) is 5.90. The van der Waals surface area contributed by atoms with Crippen LogP contribution in [0.3, 0.4) is 0 Å². The first kappa shape index (κ1) is 14.4. The normalized spacial score (nSPS) is 11.5. The average molecular weight is 214 g/mol. The average Bonchev–Trinajstić information content (AvgIpc) is 2.13. The fraction of sp³-hybridized carbons (Fsp3) is 0.917. The molecule has 2 N–H and O–H groups in total. The van der Waals surface area contributed by atoms with E-state index in [4.69, 9.17) is 0 Å². The lowest BCUT2D eigenvalue weighted by molar-refractivity contribution is -0.121. The summed E-state index contributed by atoms with van der Waals surface area (Å²) in [5.74, 6) is 1.96. The van der Waals surface area contributed by atoms with Crippen LogP contribution in [-0.2, 0) is 4.79 Å². The monoisotopic (exact) mass is 214 g/mol. The van der Waals surface area contributed by atoms with Gasteiger partial charge in [-0.25, -0.2) is 0 Å². The first-order valence-corrected chi connectivity index (χ1v) is 5.90. The van der Waals surface area contributed by atoms with Gasteiger partial charge in [0, 0.05) is 19.5 Å². The molecule has 0 aliphatic heterocycles. The molecule has 0 aromatic carbocycles. The number of hydrogen-bond acceptors (Lipinski definition) is 2. The van der Waals surface area contributed by atoms with Crippen molar-refractivity contribution in [1.82, 2.24) is 10.6 Å². The Balaban J connectivity index is 3.84. The van der Waals surface area contributed by atoms with Crippen LogP contribution in [0, 0.1) is 17.8 Å². The van der Waals surface area contributed by atoms with Gasteiger partial charge in [-0.05, 0) is 24.8 Å². The quantitative estimate of drug-likeness (QED) is 0.676. The summed E-state index contributed by atoms with van der Waals surface area (Å²) in [4.78, 5) is 11.4. The van der Waals surface area contributed by atoms with Crippen molar-refractivity contribution in [3.8, 4) is 0 Å². The van der Waals surface area contributed by atoms with E-state index in [9.17, 15) is 4.79 Å². The van der Waals surface area contributed by atoms with Crippen molar-refractivity contribution in [2.75, 3.05) is 20.1 Å². The van der Waals surface area contributed by atoms with Crippen LogP contribution in [0.1, 0.15) is 34.1 Å². The van der Waals surface area contributed by atoms with E-state index in [0.29, 0.717) is 24.2 Å². The maximum Gasteiger partial charge on any atom is 0.221 e. The molecule has 15 heavy (non-hydrogen) atoms. The molecule has 0 spiro atoms. The van der Waals surface area contributed by atoms with Gasteiger partial charge in [-0.1, -0.05) is 27.7 Å². The molecule has 0 saturated heterocycles. The third kappa shape index (κ3) is 6.50. The van der Waals surface area contributed by atoms with Crippen LogP contribution in [0.5, 0.6) is 0 Å². The van der Waals surface area contributed by atoms with Crippen LogP contribution < -0.4 is 10.6 Å². The molecule has 0 aromatic heterocycles. The fourth-order valence-electron chi connectivity index (χ4n) is 1.80. The third-order valence-electron chi connectivity index (χ3n) is 2.85. The number of nitrogens with one attached hydrogen (secondary N) is 2. The molecule has 0 saturated carbocycles. The number of hydrogen-bond donors (Lipinski definition) is 2. The van der Waals surface area contributed by atoms with E-state index in [1.165, 1.54) is 0 Å². The minimum atomic E-state index is 0.149. The van der Waals surface area contributed by atoms with Gasteiger partial charge in [0.1, 0.15) is 0 Å². The predicted octanol–water partition coefficient (Wildman–Crippen LogP) is 1.64. The molecule has 0 aromatic rings. The minimum absolute atomic E-state index is 0.149. The van der Waals surface area contributed by atoms with Gasteiger partial charge < -0.3 is 10.6 Å². The van der Waals surface area contributed by atoms with Crippen LogP contribution in [0.15, 0.2) is 0 Å². The van der Waals surface area contributed by atoms with Crippen LogP contribution in [-0.4, -0.2) is 26.0 Å². The number of carbonyl (C=O) groups is 1. The summed E-state index contributed by atoms with van der Waals surface area (Å²) >= 11 is 0. The van der Waals surface area contributed by atoms with Crippen molar-refractivity contribution in [1.29, 1.82) is 0 Å². The smallest absolute Gasteiger partial charge is 0.221 e. The minimum Gasteiger partial charge on any atom is -0.356 e. The third-order valence-corrected chi connectivity index (χ3v) is 2.85. The van der Waals surface area contributed by atoms with Crippen LogP contribution in [0.2, 0.25) is 0 Å².